The van der Waals surface area contributed by atoms with Gasteiger partial charge < -0.3 is 0 Å². The van der Waals surface area contributed by atoms with Gasteiger partial charge in [0.15, 0.2) is 0 Å². The second-order valence-corrected chi connectivity index (χ2v) is 5.59. The zero-order chi connectivity index (χ0) is 14.3. The third-order valence-corrected chi connectivity index (χ3v) is 3.84. The van der Waals surface area contributed by atoms with Gasteiger partial charge in [0, 0.05) is 11.6 Å². The molecule has 1 unspecified atom stereocenters. The molecule has 0 spiro atoms. The largest absolute Gasteiger partial charge is 0.271 e. The molecule has 0 saturated carbocycles. The minimum atomic E-state index is -0.534. The zero-order valence-corrected chi connectivity index (χ0v) is 12.8. The van der Waals surface area contributed by atoms with Gasteiger partial charge in [-0.05, 0) is 40.9 Å². The number of benzene rings is 1. The van der Waals surface area contributed by atoms with Gasteiger partial charge in [-0.1, -0.05) is 32.6 Å². The highest BCUT2D eigenvalue weighted by Crippen LogP contribution is 2.23. The SMILES string of the molecule is CCCCCCC(Cc1c(F)ccc(Br)c1F)NN. The minimum absolute atomic E-state index is 0.0906. The molecule has 0 bridgehead atoms. The molecular weight excluding hydrogens is 314 g/mol. The third-order valence-electron chi connectivity index (χ3n) is 3.23. The fraction of sp³-hybridized carbons (Fsp3) is 0.571. The van der Waals surface area contributed by atoms with Crippen molar-refractivity contribution in [3.05, 3.63) is 33.8 Å². The topological polar surface area (TPSA) is 38.0 Å². The Balaban J connectivity index is 2.63. The van der Waals surface area contributed by atoms with E-state index in [9.17, 15) is 8.78 Å². The number of hydrazine groups is 1. The summed E-state index contributed by atoms with van der Waals surface area (Å²) in [6.07, 6.45) is 5.56. The lowest BCUT2D eigenvalue weighted by molar-refractivity contribution is 0.443. The van der Waals surface area contributed by atoms with Crippen molar-refractivity contribution in [1.29, 1.82) is 0 Å². The first kappa shape index (κ1) is 16.5. The number of halogens is 3. The van der Waals surface area contributed by atoms with Crippen molar-refractivity contribution in [1.82, 2.24) is 5.43 Å². The van der Waals surface area contributed by atoms with Crippen LogP contribution in [0.25, 0.3) is 0 Å². The minimum Gasteiger partial charge on any atom is -0.271 e. The molecule has 3 N–H and O–H groups in total. The molecule has 1 aromatic rings. The summed E-state index contributed by atoms with van der Waals surface area (Å²) in [5.74, 6) is 4.41. The summed E-state index contributed by atoms with van der Waals surface area (Å²) in [6, 6.07) is 2.54. The van der Waals surface area contributed by atoms with Gasteiger partial charge in [0.25, 0.3) is 0 Å². The van der Waals surface area contributed by atoms with Crippen LogP contribution in [0.5, 0.6) is 0 Å². The molecule has 0 aliphatic rings. The molecule has 108 valence electrons. The Morgan fingerprint density at radius 2 is 2.00 bits per heavy atom. The molecule has 5 heteroatoms. The van der Waals surface area contributed by atoms with E-state index in [0.717, 1.165) is 25.7 Å². The van der Waals surface area contributed by atoms with E-state index in [-0.39, 0.29) is 22.5 Å². The van der Waals surface area contributed by atoms with Crippen molar-refractivity contribution in [2.75, 3.05) is 0 Å². The van der Waals surface area contributed by atoms with Gasteiger partial charge in [-0.25, -0.2) is 8.78 Å². The van der Waals surface area contributed by atoms with Crippen LogP contribution in [0.3, 0.4) is 0 Å². The number of rotatable bonds is 8. The Hall–Kier alpha value is -0.520. The molecule has 0 aliphatic heterocycles. The van der Waals surface area contributed by atoms with E-state index >= 15 is 0 Å². The van der Waals surface area contributed by atoms with E-state index < -0.39 is 11.6 Å². The van der Waals surface area contributed by atoms with E-state index in [4.69, 9.17) is 5.84 Å². The molecule has 0 saturated heterocycles. The maximum absolute atomic E-state index is 13.8. The van der Waals surface area contributed by atoms with Gasteiger partial charge in [-0.2, -0.15) is 0 Å². The Bertz CT molecular complexity index is 399. The molecule has 1 rings (SSSR count). The summed E-state index contributed by atoms with van der Waals surface area (Å²) in [4.78, 5) is 0. The van der Waals surface area contributed by atoms with Crippen LogP contribution in [-0.4, -0.2) is 6.04 Å². The lowest BCUT2D eigenvalue weighted by atomic mass is 10.00. The van der Waals surface area contributed by atoms with Crippen molar-refractivity contribution in [2.24, 2.45) is 5.84 Å². The molecule has 0 amide bonds. The first-order valence-corrected chi connectivity index (χ1v) is 7.48. The van der Waals surface area contributed by atoms with Gasteiger partial charge in [0.1, 0.15) is 11.6 Å². The van der Waals surface area contributed by atoms with Crippen molar-refractivity contribution >= 4 is 15.9 Å². The normalized spacial score (nSPS) is 12.7. The van der Waals surface area contributed by atoms with Crippen LogP contribution in [0.15, 0.2) is 16.6 Å². The highest BCUT2D eigenvalue weighted by Gasteiger charge is 2.16. The average Bonchev–Trinajstić information content (AvgIpc) is 2.41. The maximum Gasteiger partial charge on any atom is 0.143 e. The molecular formula is C14H21BrF2N2. The number of hydrogen-bond donors (Lipinski definition) is 2. The quantitative estimate of drug-likeness (QED) is 0.325. The Kier molecular flexibility index (Phi) is 7.49. The number of nitrogens with one attached hydrogen (secondary N) is 1. The second kappa shape index (κ2) is 8.61. The van der Waals surface area contributed by atoms with Crippen LogP contribution in [0, 0.1) is 11.6 Å². The molecule has 0 aromatic heterocycles. The smallest absolute Gasteiger partial charge is 0.143 e. The first-order chi connectivity index (χ1) is 9.10. The van der Waals surface area contributed by atoms with Crippen LogP contribution in [0.4, 0.5) is 8.78 Å². The summed E-state index contributed by atoms with van der Waals surface area (Å²) in [5.41, 5.74) is 2.74. The van der Waals surface area contributed by atoms with Gasteiger partial charge in [0.05, 0.1) is 4.47 Å². The molecule has 0 radical (unpaired) electrons. The number of nitrogens with two attached hydrogens (primary N) is 1. The van der Waals surface area contributed by atoms with E-state index in [1.165, 1.54) is 18.6 Å². The average molecular weight is 335 g/mol. The summed E-state index contributed by atoms with van der Waals surface area (Å²) < 4.78 is 27.8. The fourth-order valence-corrected chi connectivity index (χ4v) is 2.44. The van der Waals surface area contributed by atoms with E-state index in [2.05, 4.69) is 28.3 Å². The van der Waals surface area contributed by atoms with Crippen LogP contribution in [0.2, 0.25) is 0 Å². The number of unbranched alkanes of at least 4 members (excludes halogenated alkanes) is 3. The van der Waals surface area contributed by atoms with E-state index in [1.54, 1.807) is 0 Å². The summed E-state index contributed by atoms with van der Waals surface area (Å²) in [6.45, 7) is 2.14. The lowest BCUT2D eigenvalue weighted by Crippen LogP contribution is -2.37. The molecule has 0 heterocycles. The first-order valence-electron chi connectivity index (χ1n) is 6.68. The van der Waals surface area contributed by atoms with Crippen LogP contribution < -0.4 is 11.3 Å². The van der Waals surface area contributed by atoms with Crippen molar-refractivity contribution in [3.63, 3.8) is 0 Å². The highest BCUT2D eigenvalue weighted by atomic mass is 79.9. The highest BCUT2D eigenvalue weighted by molar-refractivity contribution is 9.10. The van der Waals surface area contributed by atoms with Gasteiger partial charge in [-0.3, -0.25) is 11.3 Å². The summed E-state index contributed by atoms with van der Waals surface area (Å²) in [5, 5.41) is 0. The summed E-state index contributed by atoms with van der Waals surface area (Å²) >= 11 is 3.07. The van der Waals surface area contributed by atoms with Crippen LogP contribution >= 0.6 is 15.9 Å². The predicted molar refractivity (Wildman–Crippen MR) is 77.6 cm³/mol. The van der Waals surface area contributed by atoms with Gasteiger partial charge in [-0.15, -0.1) is 0 Å². The predicted octanol–water partition coefficient (Wildman–Crippen LogP) is 4.07. The zero-order valence-electron chi connectivity index (χ0n) is 11.2. The Labute approximate surface area is 121 Å². The van der Waals surface area contributed by atoms with E-state index in [1.807, 2.05) is 0 Å². The molecule has 0 aliphatic carbocycles. The van der Waals surface area contributed by atoms with Crippen molar-refractivity contribution in [3.8, 4) is 0 Å². The maximum atomic E-state index is 13.8. The molecule has 1 atom stereocenters. The van der Waals surface area contributed by atoms with Crippen molar-refractivity contribution in [2.45, 2.75) is 51.5 Å². The molecule has 19 heavy (non-hydrogen) atoms. The summed E-state index contributed by atoms with van der Waals surface area (Å²) in [7, 11) is 0. The lowest BCUT2D eigenvalue weighted by Gasteiger charge is -2.17. The Morgan fingerprint density at radius 1 is 1.26 bits per heavy atom. The molecule has 0 fully saturated rings. The van der Waals surface area contributed by atoms with Crippen LogP contribution in [0.1, 0.15) is 44.6 Å². The van der Waals surface area contributed by atoms with E-state index in [0.29, 0.717) is 0 Å². The van der Waals surface area contributed by atoms with Gasteiger partial charge in [0.2, 0.25) is 0 Å². The van der Waals surface area contributed by atoms with Crippen LogP contribution in [-0.2, 0) is 6.42 Å². The van der Waals surface area contributed by atoms with Crippen molar-refractivity contribution < 1.29 is 8.78 Å². The molecule has 1 aromatic carbocycles. The molecule has 2 nitrogen and oxygen atoms in total. The second-order valence-electron chi connectivity index (χ2n) is 4.74. The fourth-order valence-electron chi connectivity index (χ4n) is 2.06. The third kappa shape index (κ3) is 5.16. The standard InChI is InChI=1S/C14H21BrF2N2/c1-2-3-4-5-6-10(19-18)9-11-13(16)8-7-12(15)14(11)17/h7-8,10,19H,2-6,9,18H2,1H3. The Morgan fingerprint density at radius 3 is 2.63 bits per heavy atom. The monoisotopic (exact) mass is 334 g/mol. The number of hydrogen-bond acceptors (Lipinski definition) is 2. The van der Waals surface area contributed by atoms with Gasteiger partial charge >= 0.3 is 0 Å².